The fraction of sp³-hybridized carbons (Fsp3) is 0.0417. The highest BCUT2D eigenvalue weighted by Gasteiger charge is 2.09. The summed E-state index contributed by atoms with van der Waals surface area (Å²) in [6.07, 6.45) is 3.58. The second kappa shape index (κ2) is 7.81. The van der Waals surface area contributed by atoms with Gasteiger partial charge in [0.15, 0.2) is 0 Å². The molecule has 4 nitrogen and oxygen atoms in total. The van der Waals surface area contributed by atoms with Crippen LogP contribution in [-0.2, 0) is 6.61 Å². The van der Waals surface area contributed by atoms with Gasteiger partial charge in [-0.2, -0.15) is 0 Å². The molecule has 0 fully saturated rings. The van der Waals surface area contributed by atoms with Crippen LogP contribution in [0.2, 0.25) is 0 Å². The van der Waals surface area contributed by atoms with E-state index in [9.17, 15) is 0 Å². The van der Waals surface area contributed by atoms with Crippen LogP contribution in [0.15, 0.2) is 90.6 Å². The molecule has 0 bridgehead atoms. The summed E-state index contributed by atoms with van der Waals surface area (Å²) in [6, 6.07) is 24.2. The molecule has 0 N–H and O–H groups in total. The van der Waals surface area contributed by atoms with E-state index in [1.165, 1.54) is 0 Å². The topological polar surface area (TPSA) is 47.9 Å². The van der Waals surface area contributed by atoms with Gasteiger partial charge in [-0.1, -0.05) is 42.5 Å². The predicted octanol–water partition coefficient (Wildman–Crippen LogP) is 6.00. The summed E-state index contributed by atoms with van der Waals surface area (Å²) in [5.74, 6) is 0.816. The maximum atomic E-state index is 6.11. The Morgan fingerprint density at radius 2 is 1.69 bits per heavy atom. The van der Waals surface area contributed by atoms with Gasteiger partial charge < -0.3 is 4.74 Å². The first-order valence-corrected chi connectivity index (χ1v) is 10.2. The molecule has 0 unspecified atom stereocenters. The molecule has 5 rings (SSSR count). The minimum Gasteiger partial charge on any atom is -0.488 e. The van der Waals surface area contributed by atoms with E-state index in [1.807, 2.05) is 60.0 Å². The van der Waals surface area contributed by atoms with Gasteiger partial charge in [-0.3, -0.25) is 4.98 Å². The van der Waals surface area contributed by atoms with Crippen molar-refractivity contribution in [2.75, 3.05) is 0 Å². The standard InChI is InChI=1S/C24H17N3OS/c1-2-5-17(6-3-1)16-28-23-11-12-25-21-10-9-18(15-19(21)23)20-7-4-8-22(27-20)24-26-13-14-29-24/h1-15H,16H2. The third-order valence-electron chi connectivity index (χ3n) is 4.64. The van der Waals surface area contributed by atoms with Crippen molar-refractivity contribution in [1.82, 2.24) is 15.0 Å². The molecule has 0 saturated heterocycles. The van der Waals surface area contributed by atoms with Crippen molar-refractivity contribution in [3.05, 3.63) is 96.1 Å². The molecule has 5 heteroatoms. The van der Waals surface area contributed by atoms with E-state index in [2.05, 4.69) is 28.2 Å². The van der Waals surface area contributed by atoms with Crippen LogP contribution in [0, 0.1) is 0 Å². The smallest absolute Gasteiger partial charge is 0.141 e. The summed E-state index contributed by atoms with van der Waals surface area (Å²) in [4.78, 5) is 13.6. The van der Waals surface area contributed by atoms with Crippen molar-refractivity contribution in [1.29, 1.82) is 0 Å². The summed E-state index contributed by atoms with van der Waals surface area (Å²) < 4.78 is 6.11. The van der Waals surface area contributed by atoms with Crippen LogP contribution in [0.4, 0.5) is 0 Å². The lowest BCUT2D eigenvalue weighted by Crippen LogP contribution is -1.96. The van der Waals surface area contributed by atoms with E-state index >= 15 is 0 Å². The van der Waals surface area contributed by atoms with Gasteiger partial charge >= 0.3 is 0 Å². The SMILES string of the molecule is c1ccc(COc2ccnc3ccc(-c4cccc(-c5nccs5)n4)cc23)cc1. The minimum absolute atomic E-state index is 0.516. The molecule has 0 amide bonds. The first-order chi connectivity index (χ1) is 14.4. The quantitative estimate of drug-likeness (QED) is 0.366. The normalized spacial score (nSPS) is 10.9. The Morgan fingerprint density at radius 1 is 0.793 bits per heavy atom. The average Bonchev–Trinajstić information content (AvgIpc) is 3.33. The van der Waals surface area contributed by atoms with E-state index in [0.717, 1.165) is 44.2 Å². The maximum Gasteiger partial charge on any atom is 0.141 e. The molecule has 2 aromatic carbocycles. The Balaban J connectivity index is 1.51. The molecule has 29 heavy (non-hydrogen) atoms. The summed E-state index contributed by atoms with van der Waals surface area (Å²) in [6.45, 7) is 0.516. The number of aromatic nitrogens is 3. The van der Waals surface area contributed by atoms with E-state index in [1.54, 1.807) is 23.7 Å². The van der Waals surface area contributed by atoms with Crippen LogP contribution >= 0.6 is 11.3 Å². The van der Waals surface area contributed by atoms with E-state index in [-0.39, 0.29) is 0 Å². The maximum absolute atomic E-state index is 6.11. The Kier molecular flexibility index (Phi) is 4.72. The molecule has 0 aliphatic rings. The molecule has 0 aliphatic heterocycles. The zero-order valence-corrected chi connectivity index (χ0v) is 16.3. The number of fused-ring (bicyclic) bond motifs is 1. The van der Waals surface area contributed by atoms with E-state index in [0.29, 0.717) is 6.61 Å². The highest BCUT2D eigenvalue weighted by Crippen LogP contribution is 2.30. The first-order valence-electron chi connectivity index (χ1n) is 9.30. The fourth-order valence-electron chi connectivity index (χ4n) is 3.21. The summed E-state index contributed by atoms with van der Waals surface area (Å²) in [5, 5.41) is 3.85. The molecule has 3 aromatic heterocycles. The van der Waals surface area contributed by atoms with Crippen molar-refractivity contribution in [3.8, 4) is 27.7 Å². The largest absolute Gasteiger partial charge is 0.488 e. The van der Waals surface area contributed by atoms with Crippen LogP contribution in [0.25, 0.3) is 32.9 Å². The Hall–Kier alpha value is -3.57. The summed E-state index contributed by atoms with van der Waals surface area (Å²) in [5.41, 5.74) is 4.83. The van der Waals surface area contributed by atoms with Gasteiger partial charge in [-0.15, -0.1) is 11.3 Å². The number of ether oxygens (including phenoxy) is 1. The van der Waals surface area contributed by atoms with Crippen molar-refractivity contribution < 1.29 is 4.74 Å². The third-order valence-corrected chi connectivity index (χ3v) is 5.43. The molecule has 140 valence electrons. The number of pyridine rings is 2. The zero-order valence-electron chi connectivity index (χ0n) is 15.5. The van der Waals surface area contributed by atoms with Gasteiger partial charge in [0.2, 0.25) is 0 Å². The van der Waals surface area contributed by atoms with Crippen molar-refractivity contribution >= 4 is 22.2 Å². The van der Waals surface area contributed by atoms with Gasteiger partial charge in [0, 0.05) is 28.7 Å². The number of thiazole rings is 1. The van der Waals surface area contributed by atoms with Gasteiger partial charge in [-0.25, -0.2) is 9.97 Å². The van der Waals surface area contributed by atoms with Crippen molar-refractivity contribution in [2.45, 2.75) is 6.61 Å². The molecule has 0 aliphatic carbocycles. The number of hydrogen-bond acceptors (Lipinski definition) is 5. The molecular weight excluding hydrogens is 378 g/mol. The third kappa shape index (κ3) is 3.73. The first kappa shape index (κ1) is 17.5. The number of hydrogen-bond donors (Lipinski definition) is 0. The lowest BCUT2D eigenvalue weighted by Gasteiger charge is -2.10. The number of benzene rings is 2. The fourth-order valence-corrected chi connectivity index (χ4v) is 3.81. The van der Waals surface area contributed by atoms with Crippen LogP contribution in [0.5, 0.6) is 5.75 Å². The van der Waals surface area contributed by atoms with Crippen molar-refractivity contribution in [2.24, 2.45) is 0 Å². The molecule has 0 radical (unpaired) electrons. The Morgan fingerprint density at radius 3 is 2.55 bits per heavy atom. The minimum atomic E-state index is 0.516. The van der Waals surface area contributed by atoms with Gasteiger partial charge in [0.25, 0.3) is 0 Å². The second-order valence-corrected chi connectivity index (χ2v) is 7.46. The highest BCUT2D eigenvalue weighted by molar-refractivity contribution is 7.13. The van der Waals surface area contributed by atoms with E-state index < -0.39 is 0 Å². The average molecular weight is 395 g/mol. The Bertz CT molecular complexity index is 1250. The zero-order chi connectivity index (χ0) is 19.5. The molecular formula is C24H17N3OS. The van der Waals surface area contributed by atoms with Crippen LogP contribution in [0.1, 0.15) is 5.56 Å². The molecule has 0 saturated carbocycles. The second-order valence-electron chi connectivity index (χ2n) is 6.56. The summed E-state index contributed by atoms with van der Waals surface area (Å²) >= 11 is 1.59. The van der Waals surface area contributed by atoms with Crippen molar-refractivity contribution in [3.63, 3.8) is 0 Å². The lowest BCUT2D eigenvalue weighted by molar-refractivity contribution is 0.310. The van der Waals surface area contributed by atoms with Gasteiger partial charge in [0.1, 0.15) is 17.4 Å². The monoisotopic (exact) mass is 395 g/mol. The highest BCUT2D eigenvalue weighted by atomic mass is 32.1. The molecule has 3 heterocycles. The summed E-state index contributed by atoms with van der Waals surface area (Å²) in [7, 11) is 0. The van der Waals surface area contributed by atoms with Gasteiger partial charge in [-0.05, 0) is 35.9 Å². The number of nitrogens with zero attached hydrogens (tertiary/aromatic N) is 3. The molecule has 5 aromatic rings. The van der Waals surface area contributed by atoms with E-state index in [4.69, 9.17) is 9.72 Å². The van der Waals surface area contributed by atoms with Crippen LogP contribution < -0.4 is 4.74 Å². The van der Waals surface area contributed by atoms with Gasteiger partial charge in [0.05, 0.1) is 16.9 Å². The predicted molar refractivity (Wildman–Crippen MR) is 117 cm³/mol. The van der Waals surface area contributed by atoms with Crippen LogP contribution in [0.3, 0.4) is 0 Å². The number of rotatable bonds is 5. The van der Waals surface area contributed by atoms with Crippen LogP contribution in [-0.4, -0.2) is 15.0 Å². The lowest BCUT2D eigenvalue weighted by atomic mass is 10.1. The molecule has 0 spiro atoms. The Labute approximate surface area is 172 Å². The molecule has 0 atom stereocenters.